The summed E-state index contributed by atoms with van der Waals surface area (Å²) in [5, 5.41) is 8.40. The number of halogens is 4. The van der Waals surface area contributed by atoms with Crippen molar-refractivity contribution in [3.05, 3.63) is 40.9 Å². The molecule has 11 heteroatoms. The first kappa shape index (κ1) is 22.5. The minimum absolute atomic E-state index is 0.0704. The Morgan fingerprint density at radius 3 is 2.38 bits per heavy atom. The molecule has 1 N–H and O–H groups in total. The smallest absolute Gasteiger partial charge is 0.479 e. The summed E-state index contributed by atoms with van der Waals surface area (Å²) in [7, 11) is 0. The molecular weight excluding hydrogens is 421 g/mol. The minimum Gasteiger partial charge on any atom is -0.479 e. The van der Waals surface area contributed by atoms with Crippen LogP contribution in [0.1, 0.15) is 31.2 Å². The van der Waals surface area contributed by atoms with Gasteiger partial charge in [0.2, 0.25) is 0 Å². The van der Waals surface area contributed by atoms with E-state index in [1.165, 1.54) is 6.07 Å². The van der Waals surface area contributed by atoms with Crippen LogP contribution in [-0.4, -0.2) is 36.0 Å². The van der Waals surface area contributed by atoms with Crippen LogP contribution in [0.4, 0.5) is 13.2 Å². The number of aliphatic carboxylic acids is 1. The van der Waals surface area contributed by atoms with E-state index in [1.54, 1.807) is 0 Å². The predicted octanol–water partition coefficient (Wildman–Crippen LogP) is 3.74. The first-order chi connectivity index (χ1) is 13.4. The van der Waals surface area contributed by atoms with Crippen LogP contribution >= 0.6 is 11.6 Å². The van der Waals surface area contributed by atoms with Crippen molar-refractivity contribution in [2.24, 2.45) is 0 Å². The number of hydrogen-bond acceptors (Lipinski definition) is 6. The van der Waals surface area contributed by atoms with Gasteiger partial charge in [0.05, 0.1) is 11.4 Å². The Morgan fingerprint density at radius 1 is 1.24 bits per heavy atom. The zero-order valence-electron chi connectivity index (χ0n) is 14.9. The fraction of sp³-hybridized carbons (Fsp3) is 0.389. The molecule has 1 aromatic carbocycles. The van der Waals surface area contributed by atoms with Crippen LogP contribution < -0.4 is 4.74 Å². The molecule has 1 aromatic rings. The van der Waals surface area contributed by atoms with E-state index in [4.69, 9.17) is 21.4 Å². The van der Waals surface area contributed by atoms with Gasteiger partial charge in [0.25, 0.3) is 0 Å². The van der Waals surface area contributed by atoms with Crippen molar-refractivity contribution in [2.75, 3.05) is 6.61 Å². The minimum atomic E-state index is -4.87. The predicted molar refractivity (Wildman–Crippen MR) is 92.1 cm³/mol. The summed E-state index contributed by atoms with van der Waals surface area (Å²) in [6.07, 6.45) is -3.97. The molecule has 1 fully saturated rings. The summed E-state index contributed by atoms with van der Waals surface area (Å²) in [4.78, 5) is 34.2. The lowest BCUT2D eigenvalue weighted by Crippen LogP contribution is -2.39. The highest BCUT2D eigenvalue weighted by Gasteiger charge is 2.44. The molecule has 2 rings (SSSR count). The molecule has 1 saturated carbocycles. The van der Waals surface area contributed by atoms with E-state index in [2.05, 4.69) is 16.1 Å². The van der Waals surface area contributed by atoms with E-state index < -0.39 is 48.6 Å². The third-order valence-corrected chi connectivity index (χ3v) is 4.42. The van der Waals surface area contributed by atoms with E-state index >= 15 is 0 Å². The lowest BCUT2D eigenvalue weighted by molar-refractivity contribution is -0.274. The Hall–Kier alpha value is -2.75. The highest BCUT2D eigenvalue weighted by atomic mass is 35.5. The maximum absolute atomic E-state index is 12.3. The number of alkyl halides is 3. The standard InChI is InChI=1S/C18H16ClF3O7/c1-10(16(26)27-9-14(23)24)7-15(25)29-17(5-2-6-17)12-4-3-11(8-13(12)19)28-18(20,21)22/h3-4,8H,1-2,5-7,9H2,(H,23,24). The molecule has 0 heterocycles. The van der Waals surface area contributed by atoms with Gasteiger partial charge in [0, 0.05) is 11.1 Å². The van der Waals surface area contributed by atoms with Crippen LogP contribution in [0.5, 0.6) is 5.75 Å². The van der Waals surface area contributed by atoms with Crippen molar-refractivity contribution >= 4 is 29.5 Å². The maximum atomic E-state index is 12.3. The van der Waals surface area contributed by atoms with E-state index in [0.29, 0.717) is 24.8 Å². The van der Waals surface area contributed by atoms with E-state index in [9.17, 15) is 27.6 Å². The van der Waals surface area contributed by atoms with Crippen molar-refractivity contribution in [2.45, 2.75) is 37.6 Å². The van der Waals surface area contributed by atoms with Crippen LogP contribution in [-0.2, 0) is 29.5 Å². The van der Waals surface area contributed by atoms with Crippen molar-refractivity contribution in [3.8, 4) is 5.75 Å². The molecule has 1 aliphatic carbocycles. The number of esters is 2. The van der Waals surface area contributed by atoms with Crippen molar-refractivity contribution in [3.63, 3.8) is 0 Å². The molecule has 0 amide bonds. The average molecular weight is 437 g/mol. The highest BCUT2D eigenvalue weighted by molar-refractivity contribution is 6.31. The number of rotatable bonds is 8. The third kappa shape index (κ3) is 6.11. The molecular formula is C18H16ClF3O7. The number of carbonyl (C=O) groups is 3. The normalized spacial score (nSPS) is 15.0. The summed E-state index contributed by atoms with van der Waals surface area (Å²) in [6, 6.07) is 3.32. The first-order valence-electron chi connectivity index (χ1n) is 8.26. The molecule has 0 aliphatic heterocycles. The van der Waals surface area contributed by atoms with Crippen LogP contribution in [0.15, 0.2) is 30.4 Å². The number of ether oxygens (including phenoxy) is 3. The van der Waals surface area contributed by atoms with Gasteiger partial charge in [-0.2, -0.15) is 0 Å². The molecule has 0 radical (unpaired) electrons. The van der Waals surface area contributed by atoms with Crippen molar-refractivity contribution in [1.29, 1.82) is 0 Å². The Bertz CT molecular complexity index is 831. The Labute approximate surface area is 168 Å². The lowest BCUT2D eigenvalue weighted by Gasteiger charge is -2.42. The quantitative estimate of drug-likeness (QED) is 0.489. The summed E-state index contributed by atoms with van der Waals surface area (Å²) >= 11 is 6.08. The zero-order chi connectivity index (χ0) is 21.8. The van der Waals surface area contributed by atoms with Gasteiger partial charge in [-0.05, 0) is 37.5 Å². The Morgan fingerprint density at radius 2 is 1.90 bits per heavy atom. The van der Waals surface area contributed by atoms with Crippen LogP contribution in [0.2, 0.25) is 5.02 Å². The van der Waals surface area contributed by atoms with Gasteiger partial charge in [0.1, 0.15) is 11.4 Å². The first-order valence-corrected chi connectivity index (χ1v) is 8.64. The van der Waals surface area contributed by atoms with Crippen molar-refractivity contribution < 1.29 is 46.9 Å². The van der Waals surface area contributed by atoms with Gasteiger partial charge in [-0.3, -0.25) is 4.79 Å². The monoisotopic (exact) mass is 436 g/mol. The molecule has 0 bridgehead atoms. The second-order valence-electron chi connectivity index (χ2n) is 6.26. The second-order valence-corrected chi connectivity index (χ2v) is 6.67. The SMILES string of the molecule is C=C(CC(=O)OC1(c2ccc(OC(F)(F)F)cc2Cl)CCC1)C(=O)OCC(=O)O. The molecule has 7 nitrogen and oxygen atoms in total. The third-order valence-electron chi connectivity index (χ3n) is 4.11. The van der Waals surface area contributed by atoms with E-state index in [-0.39, 0.29) is 10.6 Å². The molecule has 0 unspecified atom stereocenters. The van der Waals surface area contributed by atoms with Gasteiger partial charge in [0.15, 0.2) is 6.61 Å². The topological polar surface area (TPSA) is 99.1 Å². The molecule has 29 heavy (non-hydrogen) atoms. The Kier molecular flexibility index (Phi) is 6.78. The number of benzene rings is 1. The number of carboxylic acids is 1. The van der Waals surface area contributed by atoms with Gasteiger partial charge >= 0.3 is 24.3 Å². The summed E-state index contributed by atoms with van der Waals surface area (Å²) < 4.78 is 50.7. The summed E-state index contributed by atoms with van der Waals surface area (Å²) in [6.45, 7) is 2.49. The molecule has 158 valence electrons. The second kappa shape index (κ2) is 8.73. The Balaban J connectivity index is 2.06. The molecule has 0 spiro atoms. The van der Waals surface area contributed by atoms with Gasteiger partial charge in [-0.1, -0.05) is 18.2 Å². The van der Waals surface area contributed by atoms with Gasteiger partial charge < -0.3 is 19.3 Å². The van der Waals surface area contributed by atoms with E-state index in [1.807, 2.05) is 0 Å². The lowest BCUT2D eigenvalue weighted by atomic mass is 9.74. The summed E-state index contributed by atoms with van der Waals surface area (Å²) in [5.74, 6) is -3.77. The molecule has 0 atom stereocenters. The van der Waals surface area contributed by atoms with Crippen molar-refractivity contribution in [1.82, 2.24) is 0 Å². The molecule has 0 aromatic heterocycles. The molecule has 1 aliphatic rings. The largest absolute Gasteiger partial charge is 0.573 e. The zero-order valence-corrected chi connectivity index (χ0v) is 15.6. The van der Waals surface area contributed by atoms with Gasteiger partial charge in [-0.15, -0.1) is 13.2 Å². The maximum Gasteiger partial charge on any atom is 0.573 e. The van der Waals surface area contributed by atoms with Gasteiger partial charge in [-0.25, -0.2) is 9.59 Å². The van der Waals surface area contributed by atoms with Crippen LogP contribution in [0, 0.1) is 0 Å². The fourth-order valence-corrected chi connectivity index (χ4v) is 3.06. The average Bonchev–Trinajstić information content (AvgIpc) is 2.55. The highest BCUT2D eigenvalue weighted by Crippen LogP contribution is 2.48. The fourth-order valence-electron chi connectivity index (χ4n) is 2.72. The number of carboxylic acid groups (broad SMARTS) is 1. The van der Waals surface area contributed by atoms with Crippen LogP contribution in [0.3, 0.4) is 0 Å². The number of carbonyl (C=O) groups excluding carboxylic acids is 2. The number of hydrogen-bond donors (Lipinski definition) is 1. The summed E-state index contributed by atoms with van der Waals surface area (Å²) in [5.41, 5.74) is -1.13. The van der Waals surface area contributed by atoms with E-state index in [0.717, 1.165) is 12.1 Å². The van der Waals surface area contributed by atoms with Crippen LogP contribution in [0.25, 0.3) is 0 Å². The molecule has 0 saturated heterocycles.